The molecular weight excluding hydrogens is 507 g/mol. The number of aryl methyl sites for hydroxylation is 2. The van der Waals surface area contributed by atoms with Crippen LogP contribution in [0.4, 0.5) is 0 Å². The van der Waals surface area contributed by atoms with Crippen LogP contribution in [0.25, 0.3) is 0 Å². The summed E-state index contributed by atoms with van der Waals surface area (Å²) in [5.74, 6) is 0.161. The molecule has 0 heterocycles. The van der Waals surface area contributed by atoms with Crippen LogP contribution in [-0.2, 0) is 22.6 Å². The Bertz CT molecular complexity index is 1230. The molecule has 5 nitrogen and oxygen atoms in total. The maximum atomic E-state index is 13.7. The van der Waals surface area contributed by atoms with Crippen molar-refractivity contribution in [2.75, 3.05) is 13.2 Å². The van der Waals surface area contributed by atoms with Crippen LogP contribution in [0.2, 0.25) is 10.0 Å². The van der Waals surface area contributed by atoms with Crippen molar-refractivity contribution >= 4 is 35.0 Å². The van der Waals surface area contributed by atoms with Gasteiger partial charge in [-0.05, 0) is 73.2 Å². The Balaban J connectivity index is 1.94. The molecule has 1 N–H and O–H groups in total. The van der Waals surface area contributed by atoms with Gasteiger partial charge in [0.2, 0.25) is 5.91 Å². The van der Waals surface area contributed by atoms with Crippen molar-refractivity contribution in [1.82, 2.24) is 10.2 Å². The fraction of sp³-hybridized carbons (Fsp3) is 0.333. The van der Waals surface area contributed by atoms with Gasteiger partial charge in [-0.1, -0.05) is 72.6 Å². The molecule has 3 aromatic carbocycles. The summed E-state index contributed by atoms with van der Waals surface area (Å²) >= 11 is 12.4. The molecule has 3 aromatic rings. The summed E-state index contributed by atoms with van der Waals surface area (Å²) in [7, 11) is 0. The van der Waals surface area contributed by atoms with E-state index in [2.05, 4.69) is 11.4 Å². The van der Waals surface area contributed by atoms with Crippen LogP contribution in [0.5, 0.6) is 5.75 Å². The van der Waals surface area contributed by atoms with E-state index < -0.39 is 6.04 Å². The fourth-order valence-corrected chi connectivity index (χ4v) is 4.45. The van der Waals surface area contributed by atoms with Crippen molar-refractivity contribution in [3.8, 4) is 5.75 Å². The molecule has 0 saturated heterocycles. The summed E-state index contributed by atoms with van der Waals surface area (Å²) in [6, 6.07) is 18.2. The van der Waals surface area contributed by atoms with Crippen LogP contribution in [0, 0.1) is 20.8 Å². The summed E-state index contributed by atoms with van der Waals surface area (Å²) in [6.07, 6.45) is 1.16. The number of hydrogen-bond acceptors (Lipinski definition) is 3. The number of carbonyl (C=O) groups is 2. The van der Waals surface area contributed by atoms with Gasteiger partial charge in [-0.2, -0.15) is 0 Å². The van der Waals surface area contributed by atoms with Gasteiger partial charge < -0.3 is 15.0 Å². The molecule has 0 aliphatic rings. The average Bonchev–Trinajstić information content (AvgIpc) is 2.88. The number of carbonyl (C=O) groups excluding carboxylic acids is 2. The Morgan fingerprint density at radius 1 is 0.946 bits per heavy atom. The van der Waals surface area contributed by atoms with Crippen LogP contribution in [0.15, 0.2) is 60.7 Å². The van der Waals surface area contributed by atoms with Gasteiger partial charge in [0, 0.05) is 19.5 Å². The Morgan fingerprint density at radius 3 is 2.35 bits per heavy atom. The van der Waals surface area contributed by atoms with E-state index in [0.717, 1.165) is 34.2 Å². The highest BCUT2D eigenvalue weighted by Gasteiger charge is 2.30. The zero-order valence-electron chi connectivity index (χ0n) is 21.8. The normalized spacial score (nSPS) is 11.6. The molecule has 0 radical (unpaired) electrons. The first-order chi connectivity index (χ1) is 17.7. The first-order valence-electron chi connectivity index (χ1n) is 12.4. The van der Waals surface area contributed by atoms with Gasteiger partial charge in [-0.25, -0.2) is 0 Å². The van der Waals surface area contributed by atoms with Crippen LogP contribution in [-0.4, -0.2) is 35.9 Å². The summed E-state index contributed by atoms with van der Waals surface area (Å²) in [5.41, 5.74) is 4.86. The molecule has 7 heteroatoms. The van der Waals surface area contributed by atoms with E-state index in [0.29, 0.717) is 28.8 Å². The first kappa shape index (κ1) is 28.5. The number of benzene rings is 3. The maximum absolute atomic E-state index is 13.7. The molecule has 196 valence electrons. The van der Waals surface area contributed by atoms with Crippen LogP contribution in [0.3, 0.4) is 0 Å². The Kier molecular flexibility index (Phi) is 10.4. The molecule has 0 spiro atoms. The van der Waals surface area contributed by atoms with Gasteiger partial charge in [-0.15, -0.1) is 0 Å². The van der Waals surface area contributed by atoms with Crippen molar-refractivity contribution in [2.24, 2.45) is 0 Å². The van der Waals surface area contributed by atoms with Crippen LogP contribution in [0.1, 0.15) is 41.2 Å². The summed E-state index contributed by atoms with van der Waals surface area (Å²) in [6.45, 7) is 8.48. The van der Waals surface area contributed by atoms with E-state index in [9.17, 15) is 9.59 Å². The average molecular weight is 542 g/mol. The molecule has 1 atom stereocenters. The second-order valence-electron chi connectivity index (χ2n) is 9.26. The molecule has 0 bridgehead atoms. The first-order valence-corrected chi connectivity index (χ1v) is 13.2. The number of nitrogens with zero attached hydrogens (tertiary/aromatic N) is 1. The van der Waals surface area contributed by atoms with Crippen LogP contribution >= 0.6 is 23.2 Å². The molecule has 0 aliphatic heterocycles. The quantitative estimate of drug-likeness (QED) is 0.303. The molecule has 0 unspecified atom stereocenters. The highest BCUT2D eigenvalue weighted by Crippen LogP contribution is 2.26. The van der Waals surface area contributed by atoms with Crippen molar-refractivity contribution < 1.29 is 14.3 Å². The Labute approximate surface area is 229 Å². The third kappa shape index (κ3) is 7.98. The summed E-state index contributed by atoms with van der Waals surface area (Å²) in [5, 5.41) is 3.79. The monoisotopic (exact) mass is 540 g/mol. The van der Waals surface area contributed by atoms with Gasteiger partial charge in [-0.3, -0.25) is 9.59 Å². The van der Waals surface area contributed by atoms with Crippen molar-refractivity contribution in [2.45, 2.75) is 53.1 Å². The molecule has 2 amide bonds. The van der Waals surface area contributed by atoms with Gasteiger partial charge >= 0.3 is 0 Å². The minimum atomic E-state index is -0.736. The number of nitrogens with one attached hydrogen (secondary N) is 1. The number of rotatable bonds is 11. The molecular formula is C30H34Cl2N2O3. The van der Waals surface area contributed by atoms with Crippen molar-refractivity contribution in [3.63, 3.8) is 0 Å². The van der Waals surface area contributed by atoms with E-state index in [1.54, 1.807) is 17.0 Å². The SMILES string of the molecule is CCCNC(=O)[C@@H](Cc1ccccc1)N(Cc1ccc(Cl)c(Cl)c1)C(=O)COc1cc(C)cc(C)c1C. The second kappa shape index (κ2) is 13.5. The number of halogens is 2. The highest BCUT2D eigenvalue weighted by molar-refractivity contribution is 6.42. The number of ether oxygens (including phenoxy) is 1. The lowest BCUT2D eigenvalue weighted by Gasteiger charge is -2.31. The largest absolute Gasteiger partial charge is 0.483 e. The lowest BCUT2D eigenvalue weighted by atomic mass is 10.0. The van der Waals surface area contributed by atoms with Gasteiger partial charge in [0.1, 0.15) is 11.8 Å². The predicted octanol–water partition coefficient (Wildman–Crippen LogP) is 6.46. The summed E-state index contributed by atoms with van der Waals surface area (Å²) in [4.78, 5) is 28.7. The molecule has 0 fully saturated rings. The molecule has 37 heavy (non-hydrogen) atoms. The smallest absolute Gasteiger partial charge is 0.261 e. The Morgan fingerprint density at radius 2 is 1.68 bits per heavy atom. The minimum Gasteiger partial charge on any atom is -0.483 e. The molecule has 0 aromatic heterocycles. The standard InChI is InChI=1S/C30H34Cl2N2O3/c1-5-13-33-30(36)27(17-23-9-7-6-8-10-23)34(18-24-11-12-25(31)26(32)16-24)29(35)19-37-28-15-20(2)14-21(3)22(28)4/h6-12,14-16,27H,5,13,17-19H2,1-4H3,(H,33,36)/t27-/m1/s1. The topological polar surface area (TPSA) is 58.6 Å². The minimum absolute atomic E-state index is 0.182. The fourth-order valence-electron chi connectivity index (χ4n) is 4.13. The Hall–Kier alpha value is -3.02. The van der Waals surface area contributed by atoms with E-state index in [4.69, 9.17) is 27.9 Å². The third-order valence-electron chi connectivity index (χ3n) is 6.27. The van der Waals surface area contributed by atoms with Gasteiger partial charge in [0.25, 0.3) is 5.91 Å². The lowest BCUT2D eigenvalue weighted by molar-refractivity contribution is -0.142. The van der Waals surface area contributed by atoms with E-state index >= 15 is 0 Å². The predicted molar refractivity (Wildman–Crippen MR) is 150 cm³/mol. The zero-order chi connectivity index (χ0) is 26.9. The van der Waals surface area contributed by atoms with Gasteiger partial charge in [0.05, 0.1) is 10.0 Å². The van der Waals surface area contributed by atoms with E-state index in [-0.39, 0.29) is 25.0 Å². The highest BCUT2D eigenvalue weighted by atomic mass is 35.5. The van der Waals surface area contributed by atoms with E-state index in [1.807, 2.05) is 70.2 Å². The van der Waals surface area contributed by atoms with Crippen molar-refractivity contribution in [3.05, 3.63) is 98.5 Å². The molecule has 3 rings (SSSR count). The second-order valence-corrected chi connectivity index (χ2v) is 10.1. The van der Waals surface area contributed by atoms with Crippen molar-refractivity contribution in [1.29, 1.82) is 0 Å². The maximum Gasteiger partial charge on any atom is 0.261 e. The van der Waals surface area contributed by atoms with E-state index in [1.165, 1.54) is 0 Å². The molecule has 0 saturated carbocycles. The number of hydrogen-bond donors (Lipinski definition) is 1. The molecule has 0 aliphatic carbocycles. The zero-order valence-corrected chi connectivity index (χ0v) is 23.3. The summed E-state index contributed by atoms with van der Waals surface area (Å²) < 4.78 is 6.01. The third-order valence-corrected chi connectivity index (χ3v) is 7.01. The van der Waals surface area contributed by atoms with Crippen LogP contribution < -0.4 is 10.1 Å². The van der Waals surface area contributed by atoms with Gasteiger partial charge in [0.15, 0.2) is 6.61 Å². The lowest BCUT2D eigenvalue weighted by Crippen LogP contribution is -2.51. The number of amides is 2.